The minimum Gasteiger partial charge on any atom is -0.401 e. The number of urea groups is 1. The minimum absolute atomic E-state index is 0.0227. The van der Waals surface area contributed by atoms with E-state index in [2.05, 4.69) is 15.3 Å². The van der Waals surface area contributed by atoms with Crippen LogP contribution in [-0.2, 0) is 0 Å². The molecule has 0 aliphatic carbocycles. The molecule has 0 saturated carbocycles. The van der Waals surface area contributed by atoms with Gasteiger partial charge in [-0.15, -0.1) is 0 Å². The Morgan fingerprint density at radius 1 is 1.23 bits per heavy atom. The Kier molecular flexibility index (Phi) is 9.96. The zero-order valence-electron chi connectivity index (χ0n) is 17.5. The Bertz CT molecular complexity index is 922. The Morgan fingerprint density at radius 3 is 2.45 bits per heavy atom. The second-order valence-electron chi connectivity index (χ2n) is 6.87. The highest BCUT2D eigenvalue weighted by molar-refractivity contribution is 6.24. The predicted molar refractivity (Wildman–Crippen MR) is 119 cm³/mol. The first-order valence-electron chi connectivity index (χ1n) is 9.50. The van der Waals surface area contributed by atoms with E-state index >= 15 is 0 Å². The third-order valence-corrected chi connectivity index (χ3v) is 4.07. The summed E-state index contributed by atoms with van der Waals surface area (Å²) >= 11 is 0. The fourth-order valence-corrected chi connectivity index (χ4v) is 2.39. The number of amidine groups is 2. The molecule has 0 heterocycles. The van der Waals surface area contributed by atoms with Crippen molar-refractivity contribution in [3.63, 3.8) is 0 Å². The minimum atomic E-state index is -0.875. The molecule has 0 fully saturated rings. The number of nitrogens with zero attached hydrogens (tertiary/aromatic N) is 2. The summed E-state index contributed by atoms with van der Waals surface area (Å²) in [5.74, 6) is -1.40. The summed E-state index contributed by atoms with van der Waals surface area (Å²) in [5, 5.41) is 17.9. The molecule has 0 aromatic heterocycles. The van der Waals surface area contributed by atoms with Crippen LogP contribution in [-0.4, -0.2) is 42.7 Å². The number of hydrogen-bond acceptors (Lipinski definition) is 5. The van der Waals surface area contributed by atoms with E-state index < -0.39 is 17.7 Å². The topological polar surface area (TPSA) is 180 Å². The largest absolute Gasteiger partial charge is 0.401 e. The van der Waals surface area contributed by atoms with E-state index in [4.69, 9.17) is 28.0 Å². The third kappa shape index (κ3) is 8.33. The van der Waals surface area contributed by atoms with Crippen molar-refractivity contribution in [1.82, 2.24) is 5.32 Å². The van der Waals surface area contributed by atoms with Crippen LogP contribution in [0.5, 0.6) is 0 Å². The van der Waals surface area contributed by atoms with Crippen molar-refractivity contribution < 1.29 is 13.6 Å². The van der Waals surface area contributed by atoms with Crippen LogP contribution in [0, 0.1) is 28.4 Å². The van der Waals surface area contributed by atoms with Gasteiger partial charge in [0, 0.05) is 48.0 Å². The molecule has 0 bridgehead atoms. The molecule has 1 aromatic rings. The van der Waals surface area contributed by atoms with Gasteiger partial charge in [-0.1, -0.05) is 13.8 Å². The summed E-state index contributed by atoms with van der Waals surface area (Å²) in [6.45, 7) is 3.72. The fraction of sp³-hybridized carbons (Fsp3) is 0.350. The van der Waals surface area contributed by atoms with E-state index in [0.717, 1.165) is 12.3 Å². The first kappa shape index (κ1) is 25.4. The van der Waals surface area contributed by atoms with Gasteiger partial charge in [0.1, 0.15) is 23.3 Å². The molecule has 168 valence electrons. The highest BCUT2D eigenvalue weighted by Gasteiger charge is 2.17. The van der Waals surface area contributed by atoms with E-state index in [1.165, 1.54) is 6.07 Å². The first-order chi connectivity index (χ1) is 14.6. The molecule has 0 aliphatic rings. The van der Waals surface area contributed by atoms with Crippen LogP contribution < -0.4 is 22.5 Å². The van der Waals surface area contributed by atoms with E-state index in [1.807, 2.05) is 13.8 Å². The summed E-state index contributed by atoms with van der Waals surface area (Å²) < 4.78 is 27.8. The zero-order chi connectivity index (χ0) is 23.6. The maximum absolute atomic E-state index is 14.4. The van der Waals surface area contributed by atoms with Crippen molar-refractivity contribution >= 4 is 29.6 Å². The molecule has 0 unspecified atom stereocenters. The van der Waals surface area contributed by atoms with Gasteiger partial charge in [0.25, 0.3) is 0 Å². The number of hydrogen-bond donors (Lipinski definition) is 6. The fourth-order valence-electron chi connectivity index (χ4n) is 2.39. The van der Waals surface area contributed by atoms with Crippen LogP contribution in [0.3, 0.4) is 0 Å². The molecule has 0 atom stereocenters. The quantitative estimate of drug-likeness (QED) is 0.188. The number of aliphatic imine (C=N–C) groups is 2. The molecule has 0 saturated heterocycles. The Hall–Kier alpha value is -3.63. The van der Waals surface area contributed by atoms with Crippen molar-refractivity contribution in [2.45, 2.75) is 26.7 Å². The lowest BCUT2D eigenvalue weighted by molar-refractivity contribution is 0.249. The average Bonchev–Trinajstić information content (AvgIpc) is 2.68. The summed E-state index contributed by atoms with van der Waals surface area (Å²) in [7, 11) is 0. The lowest BCUT2D eigenvalue weighted by Crippen LogP contribution is -2.31. The van der Waals surface area contributed by atoms with Gasteiger partial charge in [-0.3, -0.25) is 10.4 Å². The molecular formula is C20H28F2N8O. The second-order valence-corrected chi connectivity index (χ2v) is 6.87. The van der Waals surface area contributed by atoms with Crippen molar-refractivity contribution in [3.05, 3.63) is 46.7 Å². The van der Waals surface area contributed by atoms with Gasteiger partial charge >= 0.3 is 6.03 Å². The van der Waals surface area contributed by atoms with Gasteiger partial charge in [0.05, 0.1) is 12.3 Å². The van der Waals surface area contributed by atoms with E-state index in [0.29, 0.717) is 6.07 Å². The van der Waals surface area contributed by atoms with Crippen molar-refractivity contribution in [1.29, 1.82) is 10.8 Å². The number of rotatable bonds is 10. The van der Waals surface area contributed by atoms with Crippen LogP contribution in [0.2, 0.25) is 0 Å². The number of nitrogens with two attached hydrogens (primary N) is 3. The van der Waals surface area contributed by atoms with Gasteiger partial charge in [-0.2, -0.15) is 0 Å². The van der Waals surface area contributed by atoms with Crippen LogP contribution in [0.15, 0.2) is 39.5 Å². The summed E-state index contributed by atoms with van der Waals surface area (Å²) in [4.78, 5) is 19.1. The number of nitrogens with one attached hydrogen (secondary N) is 3. The Labute approximate surface area is 179 Å². The van der Waals surface area contributed by atoms with E-state index in [1.54, 1.807) is 0 Å². The number of primary amides is 1. The van der Waals surface area contributed by atoms with Crippen LogP contribution in [0.1, 0.15) is 32.3 Å². The van der Waals surface area contributed by atoms with Gasteiger partial charge in [0.2, 0.25) is 0 Å². The molecule has 0 radical (unpaired) electrons. The Balaban J connectivity index is 3.25. The zero-order valence-corrected chi connectivity index (χ0v) is 17.5. The third-order valence-electron chi connectivity index (χ3n) is 4.07. The molecule has 2 amide bonds. The molecule has 11 heteroatoms. The Morgan fingerprint density at radius 2 is 1.90 bits per heavy atom. The predicted octanol–water partition coefficient (Wildman–Crippen LogP) is 2.06. The highest BCUT2D eigenvalue weighted by atomic mass is 19.1. The average molecular weight is 434 g/mol. The highest BCUT2D eigenvalue weighted by Crippen LogP contribution is 2.18. The SMILES string of the molecule is CC(C)C(=N)N=C(N)CC/C(N)=C(/C=N)C(=NCCNC(N)=O)c1ccc(F)cc1F. The standard InChI is InChI=1S/C20H28F2N8O/c1-11(2)19(26)30-17(25)6-5-16(24)14(10-23)18(28-7-8-29-20(27)31)13-4-3-12(21)9-15(13)22/h3-4,9-11,23H,5-8,24H2,1-2H3,(H3,25,26,30)(H3,27,29,31)/b16-14+,23-10?,28-18?. The molecular weight excluding hydrogens is 406 g/mol. The molecule has 1 aromatic carbocycles. The van der Waals surface area contributed by atoms with Crippen molar-refractivity contribution in [2.75, 3.05) is 13.1 Å². The van der Waals surface area contributed by atoms with Gasteiger partial charge in [-0.05, 0) is 18.6 Å². The number of carbonyl (C=O) groups excluding carboxylic acids is 1. The van der Waals surface area contributed by atoms with Crippen LogP contribution in [0.4, 0.5) is 13.6 Å². The lowest BCUT2D eigenvalue weighted by atomic mass is 9.98. The summed E-state index contributed by atoms with van der Waals surface area (Å²) in [5.41, 5.74) is 17.3. The van der Waals surface area contributed by atoms with E-state index in [-0.39, 0.29) is 66.1 Å². The number of benzene rings is 1. The maximum Gasteiger partial charge on any atom is 0.312 e. The van der Waals surface area contributed by atoms with Crippen molar-refractivity contribution in [3.8, 4) is 0 Å². The number of amides is 2. The number of allylic oxidation sites excluding steroid dienone is 2. The molecule has 0 aliphatic heterocycles. The molecule has 9 N–H and O–H groups in total. The normalized spacial score (nSPS) is 13.1. The maximum atomic E-state index is 14.4. The van der Waals surface area contributed by atoms with Crippen LogP contribution >= 0.6 is 0 Å². The molecule has 31 heavy (non-hydrogen) atoms. The molecule has 1 rings (SSSR count). The summed E-state index contributed by atoms with van der Waals surface area (Å²) in [6.07, 6.45) is 1.30. The van der Waals surface area contributed by atoms with Crippen molar-refractivity contribution in [2.24, 2.45) is 33.1 Å². The van der Waals surface area contributed by atoms with Crippen LogP contribution in [0.25, 0.3) is 0 Å². The van der Waals surface area contributed by atoms with Gasteiger partial charge in [-0.25, -0.2) is 18.6 Å². The van der Waals surface area contributed by atoms with Gasteiger partial charge < -0.3 is 27.9 Å². The van der Waals surface area contributed by atoms with E-state index in [9.17, 15) is 13.6 Å². The lowest BCUT2D eigenvalue weighted by Gasteiger charge is -2.13. The monoisotopic (exact) mass is 434 g/mol. The second kappa shape index (κ2) is 12.2. The molecule has 0 spiro atoms. The van der Waals surface area contributed by atoms with Gasteiger partial charge in [0.15, 0.2) is 0 Å². The first-order valence-corrected chi connectivity index (χ1v) is 9.50. The number of carbonyl (C=O) groups is 1. The summed E-state index contributed by atoms with van der Waals surface area (Å²) in [6, 6.07) is 2.22. The smallest absolute Gasteiger partial charge is 0.312 e. The number of halogens is 2. The molecule has 9 nitrogen and oxygen atoms in total.